The second kappa shape index (κ2) is 6.75. The van der Waals surface area contributed by atoms with Crippen molar-refractivity contribution in [3.8, 4) is 0 Å². The first-order valence-corrected chi connectivity index (χ1v) is 7.46. The minimum atomic E-state index is -3.03. The molecule has 0 saturated heterocycles. The van der Waals surface area contributed by atoms with E-state index in [-0.39, 0.29) is 6.16 Å². The van der Waals surface area contributed by atoms with Gasteiger partial charge in [0.05, 0.1) is 19.4 Å². The molecule has 0 heterocycles. The highest BCUT2D eigenvalue weighted by molar-refractivity contribution is 7.53. The van der Waals surface area contributed by atoms with Crippen LogP contribution in [0, 0.1) is 0 Å². The normalized spacial score (nSPS) is 11.4. The molecule has 0 amide bonds. The molecule has 0 aliphatic rings. The zero-order valence-corrected chi connectivity index (χ0v) is 11.3. The maximum absolute atomic E-state index is 12.4. The molecule has 0 unspecified atom stereocenters. The van der Waals surface area contributed by atoms with Crippen molar-refractivity contribution in [2.75, 3.05) is 13.2 Å². The molecule has 1 rings (SSSR count). The molecule has 17 heavy (non-hydrogen) atoms. The van der Waals surface area contributed by atoms with Crippen molar-refractivity contribution in [3.63, 3.8) is 0 Å². The zero-order chi connectivity index (χ0) is 12.7. The van der Waals surface area contributed by atoms with Gasteiger partial charge in [0.15, 0.2) is 0 Å². The first kappa shape index (κ1) is 14.2. The van der Waals surface area contributed by atoms with E-state index in [9.17, 15) is 4.57 Å². The molecule has 0 atom stereocenters. The van der Waals surface area contributed by atoms with Gasteiger partial charge in [-0.3, -0.25) is 4.57 Å². The first-order chi connectivity index (χ1) is 8.15. The highest BCUT2D eigenvalue weighted by atomic mass is 31.2. The predicted molar refractivity (Wildman–Crippen MR) is 71.1 cm³/mol. The average molecular weight is 254 g/mol. The van der Waals surface area contributed by atoms with Crippen molar-refractivity contribution in [2.24, 2.45) is 0 Å². The molecule has 1 aromatic rings. The summed E-state index contributed by atoms with van der Waals surface area (Å²) < 4.78 is 22.9. The van der Waals surface area contributed by atoms with E-state index in [4.69, 9.17) is 9.05 Å². The Morgan fingerprint density at radius 1 is 1.24 bits per heavy atom. The van der Waals surface area contributed by atoms with Gasteiger partial charge >= 0.3 is 7.60 Å². The lowest BCUT2D eigenvalue weighted by Gasteiger charge is -2.17. The predicted octanol–water partition coefficient (Wildman–Crippen LogP) is 4.10. The van der Waals surface area contributed by atoms with Crippen molar-refractivity contribution in [1.82, 2.24) is 0 Å². The third kappa shape index (κ3) is 4.12. The van der Waals surface area contributed by atoms with E-state index in [0.29, 0.717) is 13.2 Å². The van der Waals surface area contributed by atoms with Gasteiger partial charge < -0.3 is 9.05 Å². The van der Waals surface area contributed by atoms with Gasteiger partial charge in [-0.25, -0.2) is 0 Å². The third-order valence-electron chi connectivity index (χ3n) is 2.29. The second-order valence-corrected chi connectivity index (χ2v) is 5.56. The summed E-state index contributed by atoms with van der Waals surface area (Å²) in [5.74, 6) is 0. The van der Waals surface area contributed by atoms with Gasteiger partial charge in [-0.15, -0.1) is 0 Å². The van der Waals surface area contributed by atoms with E-state index in [1.807, 2.05) is 38.1 Å². The molecular formula is C13H19O3P. The fourth-order valence-corrected chi connectivity index (χ4v) is 3.36. The van der Waals surface area contributed by atoms with Crippen molar-refractivity contribution in [1.29, 1.82) is 0 Å². The Balaban J connectivity index is 2.93. The van der Waals surface area contributed by atoms with Crippen molar-refractivity contribution < 1.29 is 13.6 Å². The van der Waals surface area contributed by atoms with E-state index >= 15 is 0 Å². The lowest BCUT2D eigenvalue weighted by molar-refractivity contribution is 0.219. The average Bonchev–Trinajstić information content (AvgIpc) is 2.30. The summed E-state index contributed by atoms with van der Waals surface area (Å²) in [6.45, 7) is 8.13. The molecule has 1 aromatic carbocycles. The number of hydrogen-bond donors (Lipinski definition) is 0. The second-order valence-electron chi connectivity index (χ2n) is 3.51. The quantitative estimate of drug-likeness (QED) is 0.687. The first-order valence-electron chi connectivity index (χ1n) is 5.73. The van der Waals surface area contributed by atoms with Crippen LogP contribution in [0.5, 0.6) is 0 Å². The monoisotopic (exact) mass is 254 g/mol. The fraction of sp³-hybridized carbons (Fsp3) is 0.385. The Bertz CT molecular complexity index is 405. The fourth-order valence-electron chi connectivity index (χ4n) is 1.61. The summed E-state index contributed by atoms with van der Waals surface area (Å²) in [6.07, 6.45) is 2.04. The van der Waals surface area contributed by atoms with Gasteiger partial charge in [-0.1, -0.05) is 36.9 Å². The molecule has 0 aromatic heterocycles. The zero-order valence-electron chi connectivity index (χ0n) is 10.4. The number of rotatable bonds is 7. The smallest absolute Gasteiger partial charge is 0.309 e. The van der Waals surface area contributed by atoms with Crippen LogP contribution >= 0.6 is 7.60 Å². The largest absolute Gasteiger partial charge is 0.335 e. The van der Waals surface area contributed by atoms with Crippen LogP contribution in [0.15, 0.2) is 30.8 Å². The molecule has 0 N–H and O–H groups in total. The minimum absolute atomic E-state index is 0.289. The van der Waals surface area contributed by atoms with Crippen LogP contribution in [0.1, 0.15) is 25.0 Å². The van der Waals surface area contributed by atoms with Crippen LogP contribution in [-0.2, 0) is 19.8 Å². The summed E-state index contributed by atoms with van der Waals surface area (Å²) in [7, 11) is -3.03. The Kier molecular flexibility index (Phi) is 5.63. The van der Waals surface area contributed by atoms with Gasteiger partial charge in [-0.2, -0.15) is 0 Å². The van der Waals surface area contributed by atoms with E-state index < -0.39 is 7.60 Å². The number of hydrogen-bond acceptors (Lipinski definition) is 3. The SMILES string of the molecule is C=Cc1ccccc1CP(=O)(OCC)OCC. The molecular weight excluding hydrogens is 235 g/mol. The molecule has 3 nitrogen and oxygen atoms in total. The summed E-state index contributed by atoms with van der Waals surface area (Å²) >= 11 is 0. The Hall–Kier alpha value is -0.890. The standard InChI is InChI=1S/C13H19O3P/c1-4-12-9-7-8-10-13(12)11-17(14,15-5-2)16-6-3/h4,7-10H,1,5-6,11H2,2-3H3. The molecule has 0 radical (unpaired) electrons. The maximum atomic E-state index is 12.4. The van der Waals surface area contributed by atoms with Gasteiger partial charge in [0, 0.05) is 0 Å². The molecule has 0 spiro atoms. The number of benzene rings is 1. The van der Waals surface area contributed by atoms with Gasteiger partial charge in [0.25, 0.3) is 0 Å². The molecule has 0 aliphatic heterocycles. The molecule has 0 bridgehead atoms. The third-order valence-corrected chi connectivity index (χ3v) is 4.32. The highest BCUT2D eigenvalue weighted by Crippen LogP contribution is 2.51. The van der Waals surface area contributed by atoms with Gasteiger partial charge in [0.2, 0.25) is 0 Å². The lowest BCUT2D eigenvalue weighted by atomic mass is 10.1. The minimum Gasteiger partial charge on any atom is -0.309 e. The Morgan fingerprint density at radius 2 is 1.82 bits per heavy atom. The van der Waals surface area contributed by atoms with Crippen LogP contribution in [0.25, 0.3) is 6.08 Å². The highest BCUT2D eigenvalue weighted by Gasteiger charge is 2.24. The Labute approximate surface area is 103 Å². The molecule has 0 saturated carbocycles. The summed E-state index contributed by atoms with van der Waals surface area (Å²) in [5, 5.41) is 0. The summed E-state index contributed by atoms with van der Waals surface area (Å²) in [6, 6.07) is 7.68. The van der Waals surface area contributed by atoms with E-state index in [0.717, 1.165) is 11.1 Å². The van der Waals surface area contributed by atoms with Crippen molar-refractivity contribution in [3.05, 3.63) is 42.0 Å². The van der Waals surface area contributed by atoms with Crippen LogP contribution in [0.3, 0.4) is 0 Å². The van der Waals surface area contributed by atoms with Crippen molar-refractivity contribution >= 4 is 13.7 Å². The molecule has 94 valence electrons. The molecule has 0 fully saturated rings. The topological polar surface area (TPSA) is 35.5 Å². The summed E-state index contributed by atoms with van der Waals surface area (Å²) in [4.78, 5) is 0. The molecule has 0 aliphatic carbocycles. The van der Waals surface area contributed by atoms with Crippen LogP contribution < -0.4 is 0 Å². The van der Waals surface area contributed by atoms with Gasteiger partial charge in [0.1, 0.15) is 0 Å². The van der Waals surface area contributed by atoms with Crippen molar-refractivity contribution in [2.45, 2.75) is 20.0 Å². The van der Waals surface area contributed by atoms with Crippen LogP contribution in [-0.4, -0.2) is 13.2 Å². The summed E-state index contributed by atoms with van der Waals surface area (Å²) in [5.41, 5.74) is 1.90. The lowest BCUT2D eigenvalue weighted by Crippen LogP contribution is -2.00. The van der Waals surface area contributed by atoms with E-state index in [1.54, 1.807) is 6.08 Å². The van der Waals surface area contributed by atoms with Crippen LogP contribution in [0.2, 0.25) is 0 Å². The van der Waals surface area contributed by atoms with E-state index in [1.165, 1.54) is 0 Å². The van der Waals surface area contributed by atoms with Gasteiger partial charge in [-0.05, 0) is 25.0 Å². The maximum Gasteiger partial charge on any atom is 0.335 e. The Morgan fingerprint density at radius 3 is 2.35 bits per heavy atom. The van der Waals surface area contributed by atoms with Crippen LogP contribution in [0.4, 0.5) is 0 Å². The molecule has 4 heteroatoms. The van der Waals surface area contributed by atoms with E-state index in [2.05, 4.69) is 6.58 Å².